The zero-order chi connectivity index (χ0) is 25.2. The third kappa shape index (κ3) is 5.65. The summed E-state index contributed by atoms with van der Waals surface area (Å²) in [7, 11) is 0. The van der Waals surface area contributed by atoms with Crippen LogP contribution < -0.4 is 5.32 Å². The summed E-state index contributed by atoms with van der Waals surface area (Å²) in [6.45, 7) is 0.358. The molecule has 0 spiro atoms. The number of rotatable bonds is 5. The Bertz CT molecular complexity index is 1190. The highest BCUT2D eigenvalue weighted by Gasteiger charge is 2.42. The molecular weight excluding hydrogens is 530 g/mol. The topological polar surface area (TPSA) is 65.5 Å². The number of carbonyl (C=O) groups excluding carboxylic acids is 1. The fourth-order valence-electron chi connectivity index (χ4n) is 4.24. The number of amides is 2. The molecule has 2 heterocycles. The van der Waals surface area contributed by atoms with Crippen molar-refractivity contribution in [1.82, 2.24) is 15.2 Å². The molecule has 1 aromatic heterocycles. The lowest BCUT2D eigenvalue weighted by molar-refractivity contribution is -0.137. The van der Waals surface area contributed by atoms with Gasteiger partial charge in [0, 0.05) is 30.2 Å². The van der Waals surface area contributed by atoms with Gasteiger partial charge in [0.15, 0.2) is 0 Å². The summed E-state index contributed by atoms with van der Waals surface area (Å²) in [5.41, 5.74) is -1.99. The molecule has 2 N–H and O–H groups in total. The first-order valence-corrected chi connectivity index (χ1v) is 11.7. The van der Waals surface area contributed by atoms with Gasteiger partial charge in [-0.1, -0.05) is 30.3 Å². The Morgan fingerprint density at radius 1 is 1.11 bits per heavy atom. The molecule has 0 radical (unpaired) electrons. The van der Waals surface area contributed by atoms with Crippen molar-refractivity contribution in [3.05, 3.63) is 99.5 Å². The number of benzene rings is 2. The lowest BCUT2D eigenvalue weighted by atomic mass is 9.79. The molecule has 4 rings (SSSR count). The maximum absolute atomic E-state index is 14.6. The van der Waals surface area contributed by atoms with E-state index >= 15 is 0 Å². The van der Waals surface area contributed by atoms with Crippen LogP contribution in [0.5, 0.6) is 0 Å². The summed E-state index contributed by atoms with van der Waals surface area (Å²) in [5.74, 6) is -1.09. The van der Waals surface area contributed by atoms with Crippen molar-refractivity contribution in [2.75, 3.05) is 13.1 Å². The smallest absolute Gasteiger partial charge is 0.391 e. The summed E-state index contributed by atoms with van der Waals surface area (Å²) in [4.78, 5) is 19.1. The molecule has 1 aliphatic heterocycles. The predicted octanol–water partition coefficient (Wildman–Crippen LogP) is 5.26. The second-order valence-corrected chi connectivity index (χ2v) is 9.39. The van der Waals surface area contributed by atoms with Gasteiger partial charge in [-0.25, -0.2) is 9.18 Å². The second kappa shape index (κ2) is 9.94. The highest BCUT2D eigenvalue weighted by Crippen LogP contribution is 2.38. The molecule has 0 aliphatic carbocycles. The maximum atomic E-state index is 14.6. The molecule has 1 fully saturated rings. The van der Waals surface area contributed by atoms with Crippen LogP contribution in [0.25, 0.3) is 0 Å². The Kier molecular flexibility index (Phi) is 7.14. The van der Waals surface area contributed by atoms with Crippen molar-refractivity contribution >= 4 is 22.0 Å². The molecule has 2 atom stereocenters. The molecule has 2 aromatic carbocycles. The fourth-order valence-corrected chi connectivity index (χ4v) is 4.47. The molecule has 1 saturated heterocycles. The normalized spacial score (nSPS) is 17.8. The van der Waals surface area contributed by atoms with Crippen molar-refractivity contribution in [1.29, 1.82) is 0 Å². The van der Waals surface area contributed by atoms with Gasteiger partial charge in [-0.3, -0.25) is 4.98 Å². The number of aromatic nitrogens is 1. The first-order valence-electron chi connectivity index (χ1n) is 10.9. The Morgan fingerprint density at radius 2 is 1.83 bits per heavy atom. The molecule has 10 heteroatoms. The number of carbonyl (C=O) groups is 1. The van der Waals surface area contributed by atoms with E-state index in [-0.39, 0.29) is 30.8 Å². The Balaban J connectivity index is 1.93. The SMILES string of the molecule is O=C(NC(Cc1ccccc1)(c1cc(F)cc(C(F)(F)F)c1)c1ccc(Br)cn1)N1CCC(O)C1. The van der Waals surface area contributed by atoms with Crippen LogP contribution in [-0.2, 0) is 18.1 Å². The largest absolute Gasteiger partial charge is 0.416 e. The summed E-state index contributed by atoms with van der Waals surface area (Å²) >= 11 is 3.30. The van der Waals surface area contributed by atoms with Gasteiger partial charge in [0.25, 0.3) is 0 Å². The predicted molar refractivity (Wildman–Crippen MR) is 125 cm³/mol. The van der Waals surface area contributed by atoms with Crippen LogP contribution >= 0.6 is 15.9 Å². The minimum atomic E-state index is -4.80. The third-order valence-electron chi connectivity index (χ3n) is 5.97. The van der Waals surface area contributed by atoms with E-state index in [1.165, 1.54) is 11.1 Å². The molecule has 5 nitrogen and oxygen atoms in total. The van der Waals surface area contributed by atoms with Crippen molar-refractivity contribution in [2.24, 2.45) is 0 Å². The number of nitrogens with one attached hydrogen (secondary N) is 1. The number of hydrogen-bond acceptors (Lipinski definition) is 3. The zero-order valence-corrected chi connectivity index (χ0v) is 20.0. The lowest BCUT2D eigenvalue weighted by Gasteiger charge is -2.37. The number of aliphatic hydroxyl groups is 1. The molecule has 184 valence electrons. The van der Waals surface area contributed by atoms with Crippen molar-refractivity contribution in [2.45, 2.75) is 30.7 Å². The van der Waals surface area contributed by atoms with Crippen LogP contribution in [0, 0.1) is 5.82 Å². The summed E-state index contributed by atoms with van der Waals surface area (Å²) in [5, 5.41) is 12.8. The number of pyridine rings is 1. The van der Waals surface area contributed by atoms with Gasteiger partial charge < -0.3 is 15.3 Å². The van der Waals surface area contributed by atoms with Crippen LogP contribution in [0.4, 0.5) is 22.4 Å². The van der Waals surface area contributed by atoms with Gasteiger partial charge in [-0.2, -0.15) is 13.2 Å². The molecular formula is C25H22BrF4N3O2. The standard InChI is InChI=1S/C25H22BrF4N3O2/c26-19-6-7-22(31-14-19)24(13-16-4-2-1-3-5-16,32-23(35)33-9-8-21(34)15-33)17-10-18(25(28,29)30)12-20(27)11-17/h1-7,10-12,14,21,34H,8-9,13,15H2,(H,32,35). The van der Waals surface area contributed by atoms with Gasteiger partial charge in [0.05, 0.1) is 17.4 Å². The van der Waals surface area contributed by atoms with E-state index in [1.54, 1.807) is 42.5 Å². The van der Waals surface area contributed by atoms with E-state index in [4.69, 9.17) is 0 Å². The lowest BCUT2D eigenvalue weighted by Crippen LogP contribution is -2.53. The van der Waals surface area contributed by atoms with Crippen LogP contribution in [0.1, 0.15) is 28.8 Å². The molecule has 1 aliphatic rings. The van der Waals surface area contributed by atoms with Crippen molar-refractivity contribution in [3.63, 3.8) is 0 Å². The first kappa shape index (κ1) is 25.1. The molecule has 3 aromatic rings. The summed E-state index contributed by atoms with van der Waals surface area (Å²) in [6.07, 6.45) is -3.64. The zero-order valence-electron chi connectivity index (χ0n) is 18.4. The average Bonchev–Trinajstić information content (AvgIpc) is 3.25. The van der Waals surface area contributed by atoms with E-state index in [1.807, 2.05) is 0 Å². The third-order valence-corrected chi connectivity index (χ3v) is 6.43. The van der Waals surface area contributed by atoms with Gasteiger partial charge in [0.2, 0.25) is 0 Å². The maximum Gasteiger partial charge on any atom is 0.416 e. The van der Waals surface area contributed by atoms with E-state index in [2.05, 4.69) is 26.2 Å². The average molecular weight is 552 g/mol. The van der Waals surface area contributed by atoms with Crippen molar-refractivity contribution in [3.8, 4) is 0 Å². The highest BCUT2D eigenvalue weighted by atomic mass is 79.9. The van der Waals surface area contributed by atoms with E-state index in [0.717, 1.165) is 12.1 Å². The number of alkyl halides is 3. The number of likely N-dealkylation sites (tertiary alicyclic amines) is 1. The Hall–Kier alpha value is -2.98. The number of hydrogen-bond donors (Lipinski definition) is 2. The quantitative estimate of drug-likeness (QED) is 0.425. The van der Waals surface area contributed by atoms with Crippen molar-refractivity contribution < 1.29 is 27.5 Å². The minimum absolute atomic E-state index is 0.00531. The monoisotopic (exact) mass is 551 g/mol. The highest BCUT2D eigenvalue weighted by molar-refractivity contribution is 9.10. The molecule has 35 heavy (non-hydrogen) atoms. The van der Waals surface area contributed by atoms with Crippen LogP contribution in [-0.4, -0.2) is 40.2 Å². The van der Waals surface area contributed by atoms with Gasteiger partial charge in [0.1, 0.15) is 11.4 Å². The van der Waals surface area contributed by atoms with Crippen LogP contribution in [0.3, 0.4) is 0 Å². The fraction of sp³-hybridized carbons (Fsp3) is 0.280. The van der Waals surface area contributed by atoms with Crippen LogP contribution in [0.15, 0.2) is 71.3 Å². The van der Waals surface area contributed by atoms with E-state index in [9.17, 15) is 27.5 Å². The molecule has 0 saturated carbocycles. The molecule has 2 unspecified atom stereocenters. The number of aliphatic hydroxyl groups excluding tert-OH is 1. The van der Waals surface area contributed by atoms with E-state index < -0.39 is 35.2 Å². The molecule has 0 bridgehead atoms. The van der Waals surface area contributed by atoms with Gasteiger partial charge in [-0.05, 0) is 63.8 Å². The minimum Gasteiger partial charge on any atom is -0.391 e. The first-order chi connectivity index (χ1) is 16.6. The summed E-state index contributed by atoms with van der Waals surface area (Å²) < 4.78 is 56.2. The number of urea groups is 1. The summed E-state index contributed by atoms with van der Waals surface area (Å²) in [6, 6.07) is 13.7. The van der Waals surface area contributed by atoms with Gasteiger partial charge in [-0.15, -0.1) is 0 Å². The van der Waals surface area contributed by atoms with Crippen LogP contribution in [0.2, 0.25) is 0 Å². The van der Waals surface area contributed by atoms with E-state index in [0.29, 0.717) is 22.5 Å². The Labute approximate surface area is 207 Å². The molecule has 2 amide bonds. The number of halogens is 5. The van der Waals surface area contributed by atoms with Gasteiger partial charge >= 0.3 is 12.2 Å². The Morgan fingerprint density at radius 3 is 2.43 bits per heavy atom. The number of nitrogens with zero attached hydrogens (tertiary/aromatic N) is 2. The number of β-amino-alcohol motifs (C(OH)–C–C–N with tert-alkyl or cyclic N) is 1. The second-order valence-electron chi connectivity index (χ2n) is 8.47.